The van der Waals surface area contributed by atoms with Gasteiger partial charge in [0.25, 0.3) is 0 Å². The summed E-state index contributed by atoms with van der Waals surface area (Å²) in [5, 5.41) is 10.1. The van der Waals surface area contributed by atoms with Crippen LogP contribution in [0.2, 0.25) is 0 Å². The maximum atomic E-state index is 11.7. The van der Waals surface area contributed by atoms with E-state index in [2.05, 4.69) is 0 Å². The number of ether oxygens (including phenoxy) is 2. The lowest BCUT2D eigenvalue weighted by molar-refractivity contribution is -0.0129. The van der Waals surface area contributed by atoms with Gasteiger partial charge in [-0.25, -0.2) is 4.79 Å². The van der Waals surface area contributed by atoms with E-state index >= 15 is 0 Å². The summed E-state index contributed by atoms with van der Waals surface area (Å²) in [7, 11) is 1.65. The highest BCUT2D eigenvalue weighted by Crippen LogP contribution is 2.19. The van der Waals surface area contributed by atoms with E-state index in [1.165, 1.54) is 4.90 Å². The van der Waals surface area contributed by atoms with Crippen LogP contribution in [0.3, 0.4) is 0 Å². The molecule has 1 fully saturated rings. The van der Waals surface area contributed by atoms with Gasteiger partial charge in [0.15, 0.2) is 0 Å². The predicted molar refractivity (Wildman–Crippen MR) is 68.4 cm³/mol. The first-order chi connectivity index (χ1) is 8.29. The molecular formula is C13H25NO4. The van der Waals surface area contributed by atoms with Crippen LogP contribution in [-0.2, 0) is 9.47 Å². The number of aliphatic hydroxyl groups is 1. The fraction of sp³-hybridized carbons (Fsp3) is 0.923. The van der Waals surface area contributed by atoms with Crippen LogP contribution in [0.1, 0.15) is 33.6 Å². The number of rotatable bonds is 3. The molecule has 1 aliphatic heterocycles. The van der Waals surface area contributed by atoms with Crippen molar-refractivity contribution >= 4 is 6.09 Å². The average Bonchev–Trinajstić information content (AvgIpc) is 2.27. The van der Waals surface area contributed by atoms with E-state index < -0.39 is 17.8 Å². The summed E-state index contributed by atoms with van der Waals surface area (Å²) in [4.78, 5) is 13.2. The lowest BCUT2D eigenvalue weighted by Gasteiger charge is -2.30. The van der Waals surface area contributed by atoms with Crippen molar-refractivity contribution in [2.45, 2.75) is 45.3 Å². The molecule has 0 spiro atoms. The average molecular weight is 259 g/mol. The molecule has 0 aliphatic carbocycles. The minimum absolute atomic E-state index is 0.212. The van der Waals surface area contributed by atoms with Crippen LogP contribution in [0.5, 0.6) is 0 Å². The number of aliphatic hydroxyl groups excluding tert-OH is 1. The Morgan fingerprint density at radius 1 is 1.44 bits per heavy atom. The molecule has 0 radical (unpaired) electrons. The van der Waals surface area contributed by atoms with Crippen LogP contribution in [0.15, 0.2) is 0 Å². The third-order valence-corrected chi connectivity index (χ3v) is 2.98. The number of carbonyl (C=O) groups excluding carboxylic acids is 1. The predicted octanol–water partition coefficient (Wildman–Crippen LogP) is 1.64. The lowest BCUT2D eigenvalue weighted by Crippen LogP contribution is -2.41. The molecule has 1 heterocycles. The van der Waals surface area contributed by atoms with Gasteiger partial charge in [-0.3, -0.25) is 0 Å². The van der Waals surface area contributed by atoms with Crippen LogP contribution in [0.4, 0.5) is 4.79 Å². The second kappa shape index (κ2) is 6.38. The van der Waals surface area contributed by atoms with E-state index in [0.29, 0.717) is 19.8 Å². The Balaban J connectivity index is 2.38. The van der Waals surface area contributed by atoms with Gasteiger partial charge in [-0.2, -0.15) is 0 Å². The smallest absolute Gasteiger partial charge is 0.410 e. The van der Waals surface area contributed by atoms with Gasteiger partial charge in [0.2, 0.25) is 0 Å². The van der Waals surface area contributed by atoms with Crippen LogP contribution >= 0.6 is 0 Å². The quantitative estimate of drug-likeness (QED) is 0.837. The summed E-state index contributed by atoms with van der Waals surface area (Å²) in [6, 6.07) is 0. The zero-order valence-electron chi connectivity index (χ0n) is 11.8. The third kappa shape index (κ3) is 5.23. The Bertz CT molecular complexity index is 269. The van der Waals surface area contributed by atoms with Crippen molar-refractivity contribution < 1.29 is 19.4 Å². The summed E-state index contributed by atoms with van der Waals surface area (Å²) in [6.07, 6.45) is 0.798. The monoisotopic (exact) mass is 259 g/mol. The van der Waals surface area contributed by atoms with Crippen molar-refractivity contribution in [2.24, 2.45) is 5.92 Å². The fourth-order valence-corrected chi connectivity index (χ4v) is 1.94. The first kappa shape index (κ1) is 15.2. The summed E-state index contributed by atoms with van der Waals surface area (Å²) in [5.74, 6) is 0.212. The zero-order valence-corrected chi connectivity index (χ0v) is 11.8. The highest BCUT2D eigenvalue weighted by Gasteiger charge is 2.26. The second-order valence-corrected chi connectivity index (χ2v) is 5.88. The summed E-state index contributed by atoms with van der Waals surface area (Å²) < 4.78 is 10.5. The first-order valence-corrected chi connectivity index (χ1v) is 6.49. The third-order valence-electron chi connectivity index (χ3n) is 2.98. The molecule has 106 valence electrons. The van der Waals surface area contributed by atoms with Gasteiger partial charge in [-0.1, -0.05) is 0 Å². The molecule has 1 aliphatic rings. The topological polar surface area (TPSA) is 59.0 Å². The minimum atomic E-state index is -0.508. The Labute approximate surface area is 109 Å². The number of amides is 1. The van der Waals surface area contributed by atoms with Crippen molar-refractivity contribution in [1.29, 1.82) is 0 Å². The van der Waals surface area contributed by atoms with E-state index in [0.717, 1.165) is 12.8 Å². The van der Waals surface area contributed by atoms with Crippen LogP contribution in [-0.4, -0.2) is 54.6 Å². The Kier molecular flexibility index (Phi) is 5.41. The van der Waals surface area contributed by atoms with Crippen LogP contribution < -0.4 is 0 Å². The van der Waals surface area contributed by atoms with E-state index in [1.54, 1.807) is 7.05 Å². The molecule has 5 heteroatoms. The maximum Gasteiger partial charge on any atom is 0.410 e. The van der Waals surface area contributed by atoms with Gasteiger partial charge in [0.05, 0.1) is 6.10 Å². The summed E-state index contributed by atoms with van der Waals surface area (Å²) in [6.45, 7) is 7.17. The SMILES string of the molecule is CN(CC(O)C1CCOCC1)C(=O)OC(C)(C)C. The van der Waals surface area contributed by atoms with Gasteiger partial charge in [-0.05, 0) is 39.5 Å². The molecule has 0 aromatic heterocycles. The normalized spacial score (nSPS) is 19.4. The summed E-state index contributed by atoms with van der Waals surface area (Å²) >= 11 is 0. The van der Waals surface area contributed by atoms with E-state index in [9.17, 15) is 9.90 Å². The standard InChI is InChI=1S/C13H25NO4/c1-13(2,3)18-12(16)14(4)9-11(15)10-5-7-17-8-6-10/h10-11,15H,5-9H2,1-4H3. The lowest BCUT2D eigenvalue weighted by atomic mass is 9.94. The van der Waals surface area contributed by atoms with Gasteiger partial charge in [-0.15, -0.1) is 0 Å². The maximum absolute atomic E-state index is 11.7. The van der Waals surface area contributed by atoms with Crippen LogP contribution in [0.25, 0.3) is 0 Å². The van der Waals surface area contributed by atoms with Crippen LogP contribution in [0, 0.1) is 5.92 Å². The Morgan fingerprint density at radius 2 is 2.00 bits per heavy atom. The highest BCUT2D eigenvalue weighted by atomic mass is 16.6. The minimum Gasteiger partial charge on any atom is -0.444 e. The molecule has 18 heavy (non-hydrogen) atoms. The van der Waals surface area contributed by atoms with Gasteiger partial charge in [0.1, 0.15) is 5.60 Å². The van der Waals surface area contributed by atoms with E-state index in [-0.39, 0.29) is 5.92 Å². The molecule has 1 saturated heterocycles. The van der Waals surface area contributed by atoms with Crippen molar-refractivity contribution in [2.75, 3.05) is 26.8 Å². The number of likely N-dealkylation sites (N-methyl/N-ethyl adjacent to an activating group) is 1. The second-order valence-electron chi connectivity index (χ2n) is 5.88. The van der Waals surface area contributed by atoms with Crippen molar-refractivity contribution in [1.82, 2.24) is 4.90 Å². The fourth-order valence-electron chi connectivity index (χ4n) is 1.94. The number of carbonyl (C=O) groups is 1. The molecule has 1 unspecified atom stereocenters. The molecule has 1 amide bonds. The van der Waals surface area contributed by atoms with E-state index in [4.69, 9.17) is 9.47 Å². The molecule has 1 rings (SSSR count). The van der Waals surface area contributed by atoms with Gasteiger partial charge < -0.3 is 19.5 Å². The molecule has 1 N–H and O–H groups in total. The Morgan fingerprint density at radius 3 is 2.50 bits per heavy atom. The van der Waals surface area contributed by atoms with Crippen molar-refractivity contribution in [3.05, 3.63) is 0 Å². The van der Waals surface area contributed by atoms with Gasteiger partial charge in [0, 0.05) is 26.8 Å². The number of nitrogens with zero attached hydrogens (tertiary/aromatic N) is 1. The largest absolute Gasteiger partial charge is 0.444 e. The zero-order chi connectivity index (χ0) is 13.8. The highest BCUT2D eigenvalue weighted by molar-refractivity contribution is 5.67. The van der Waals surface area contributed by atoms with Crippen molar-refractivity contribution in [3.63, 3.8) is 0 Å². The first-order valence-electron chi connectivity index (χ1n) is 6.49. The molecule has 5 nitrogen and oxygen atoms in total. The molecule has 0 saturated carbocycles. The molecule has 0 aromatic rings. The molecule has 0 aromatic carbocycles. The number of hydrogen-bond donors (Lipinski definition) is 1. The van der Waals surface area contributed by atoms with Crippen molar-refractivity contribution in [3.8, 4) is 0 Å². The molecule has 1 atom stereocenters. The molecular weight excluding hydrogens is 234 g/mol. The Hall–Kier alpha value is -0.810. The summed E-state index contributed by atoms with van der Waals surface area (Å²) in [5.41, 5.74) is -0.505. The number of hydrogen-bond acceptors (Lipinski definition) is 4. The van der Waals surface area contributed by atoms with Gasteiger partial charge >= 0.3 is 6.09 Å². The molecule has 0 bridgehead atoms. The van der Waals surface area contributed by atoms with E-state index in [1.807, 2.05) is 20.8 Å².